The molecule has 2 aliphatic rings. The zero-order chi connectivity index (χ0) is 29.1. The van der Waals surface area contributed by atoms with Crippen LogP contribution in [-0.4, -0.2) is 42.2 Å². The molecule has 0 radical (unpaired) electrons. The number of rotatable bonds is 7. The normalized spacial score (nSPS) is 25.1. The second kappa shape index (κ2) is 9.83. The quantitative estimate of drug-likeness (QED) is 0.224. The third-order valence-electron chi connectivity index (χ3n) is 8.94. The summed E-state index contributed by atoms with van der Waals surface area (Å²) in [6, 6.07) is 23.5. The second-order valence-electron chi connectivity index (χ2n) is 10.8. The molecule has 0 unspecified atom stereocenters. The summed E-state index contributed by atoms with van der Waals surface area (Å²) in [5.74, 6) is -0.0170. The van der Waals surface area contributed by atoms with Gasteiger partial charge in [-0.2, -0.15) is 0 Å². The molecule has 1 fully saturated rings. The summed E-state index contributed by atoms with van der Waals surface area (Å²) in [4.78, 5) is 10.5. The van der Waals surface area contributed by atoms with Crippen molar-refractivity contribution >= 4 is 15.7 Å². The highest BCUT2D eigenvalue weighted by molar-refractivity contribution is 7.90. The molecule has 0 amide bonds. The van der Waals surface area contributed by atoms with E-state index in [0.29, 0.717) is 23.4 Å². The van der Waals surface area contributed by atoms with Crippen LogP contribution in [0, 0.1) is 16.0 Å². The van der Waals surface area contributed by atoms with E-state index in [2.05, 4.69) is 0 Å². The van der Waals surface area contributed by atoms with Crippen molar-refractivity contribution in [3.05, 3.63) is 112 Å². The number of non-ortho nitro benzene ring substituents is 1. The highest BCUT2D eigenvalue weighted by Crippen LogP contribution is 2.64. The molecule has 0 saturated heterocycles. The van der Waals surface area contributed by atoms with Crippen molar-refractivity contribution in [3.63, 3.8) is 0 Å². The van der Waals surface area contributed by atoms with E-state index in [0.717, 1.165) is 16.9 Å². The number of nitrogens with zero attached hydrogens (tertiary/aromatic N) is 2. The van der Waals surface area contributed by atoms with Crippen LogP contribution in [0.3, 0.4) is 0 Å². The van der Waals surface area contributed by atoms with Gasteiger partial charge in [-0.1, -0.05) is 42.5 Å². The van der Waals surface area contributed by atoms with E-state index >= 15 is 0 Å². The van der Waals surface area contributed by atoms with Gasteiger partial charge in [0.05, 0.1) is 33.9 Å². The number of aliphatic hydroxyl groups excluding tert-OH is 1. The highest BCUT2D eigenvalue weighted by Gasteiger charge is 2.61. The lowest BCUT2D eigenvalue weighted by Gasteiger charge is -2.43. The Bertz CT molecular complexity index is 1720. The van der Waals surface area contributed by atoms with Crippen molar-refractivity contribution in [1.82, 2.24) is 3.97 Å². The third kappa shape index (κ3) is 4.08. The van der Waals surface area contributed by atoms with Crippen LogP contribution in [0.2, 0.25) is 0 Å². The zero-order valence-corrected chi connectivity index (χ0v) is 23.6. The second-order valence-corrected chi connectivity index (χ2v) is 12.6. The van der Waals surface area contributed by atoms with Gasteiger partial charge in [-0.3, -0.25) is 10.1 Å². The van der Waals surface area contributed by atoms with Crippen LogP contribution in [0.1, 0.15) is 48.1 Å². The van der Waals surface area contributed by atoms with Crippen molar-refractivity contribution in [3.8, 4) is 17.0 Å². The molecule has 1 aromatic heterocycles. The lowest BCUT2D eigenvalue weighted by molar-refractivity contribution is -0.384. The fourth-order valence-corrected chi connectivity index (χ4v) is 8.47. The summed E-state index contributed by atoms with van der Waals surface area (Å²) >= 11 is 0. The molecule has 5 atom stereocenters. The Morgan fingerprint density at radius 2 is 1.66 bits per heavy atom. The molecule has 10 heteroatoms. The van der Waals surface area contributed by atoms with E-state index in [1.807, 2.05) is 67.6 Å². The number of hydrogen-bond acceptors (Lipinski definition) is 7. The molecular weight excluding hydrogens is 544 g/mol. The summed E-state index contributed by atoms with van der Waals surface area (Å²) in [6.07, 6.45) is -0.521. The van der Waals surface area contributed by atoms with E-state index in [9.17, 15) is 23.6 Å². The molecule has 9 nitrogen and oxygen atoms in total. The summed E-state index contributed by atoms with van der Waals surface area (Å²) in [5, 5.41) is 23.4. The molecule has 41 heavy (non-hydrogen) atoms. The summed E-state index contributed by atoms with van der Waals surface area (Å²) in [7, 11) is -1.03. The number of nitro groups is 1. The van der Waals surface area contributed by atoms with Crippen LogP contribution >= 0.6 is 0 Å². The van der Waals surface area contributed by atoms with Crippen molar-refractivity contribution in [1.29, 1.82) is 0 Å². The molecule has 6 rings (SSSR count). The standard InChI is InChI=1S/C31H30N2O7S/c1-31(40-3)26-17-24(19-9-13-22(39-2)14-10-19)28(31)30(34)29-25(26)18-27(20-7-5-4-6-8-20)32(29)41(37,38)23-15-11-21(12-16-23)33(35)36/h4-16,18,24,26,28,30,34H,17H2,1-3H3/t24-,26-,28-,30-,31+/m1/s1. The number of aromatic nitrogens is 1. The Hall–Kier alpha value is -3.99. The Morgan fingerprint density at radius 1 is 1.00 bits per heavy atom. The maximum Gasteiger partial charge on any atom is 0.269 e. The lowest BCUT2D eigenvalue weighted by Crippen LogP contribution is -2.45. The van der Waals surface area contributed by atoms with Crippen LogP contribution in [0.25, 0.3) is 11.3 Å². The number of methoxy groups -OCH3 is 2. The van der Waals surface area contributed by atoms with Crippen LogP contribution < -0.4 is 4.74 Å². The smallest absolute Gasteiger partial charge is 0.269 e. The summed E-state index contributed by atoms with van der Waals surface area (Å²) < 4.78 is 41.3. The first-order valence-electron chi connectivity index (χ1n) is 13.3. The molecule has 3 aromatic carbocycles. The van der Waals surface area contributed by atoms with E-state index in [1.54, 1.807) is 14.2 Å². The van der Waals surface area contributed by atoms with Gasteiger partial charge in [0.2, 0.25) is 0 Å². The lowest BCUT2D eigenvalue weighted by atomic mass is 9.71. The Kier molecular flexibility index (Phi) is 6.52. The monoisotopic (exact) mass is 574 g/mol. The van der Waals surface area contributed by atoms with Gasteiger partial charge < -0.3 is 14.6 Å². The number of aliphatic hydroxyl groups is 1. The van der Waals surface area contributed by atoms with Gasteiger partial charge in [0.15, 0.2) is 0 Å². The molecule has 2 aliphatic carbocycles. The van der Waals surface area contributed by atoms with Gasteiger partial charge in [0, 0.05) is 31.1 Å². The minimum absolute atomic E-state index is 0.103. The van der Waals surface area contributed by atoms with Crippen LogP contribution in [0.4, 0.5) is 5.69 Å². The van der Waals surface area contributed by atoms with Gasteiger partial charge in [0.25, 0.3) is 15.7 Å². The molecule has 4 aromatic rings. The number of benzene rings is 3. The van der Waals surface area contributed by atoms with Crippen LogP contribution in [0.15, 0.2) is 89.8 Å². The first kappa shape index (κ1) is 27.2. The minimum Gasteiger partial charge on any atom is -0.497 e. The molecule has 0 spiro atoms. The molecule has 1 saturated carbocycles. The predicted octanol–water partition coefficient (Wildman–Crippen LogP) is 5.65. The fourth-order valence-electron chi connectivity index (χ4n) is 6.89. The van der Waals surface area contributed by atoms with Gasteiger partial charge in [-0.15, -0.1) is 0 Å². The zero-order valence-electron chi connectivity index (χ0n) is 22.8. The highest BCUT2D eigenvalue weighted by atomic mass is 32.2. The topological polar surface area (TPSA) is 121 Å². The minimum atomic E-state index is -4.27. The van der Waals surface area contributed by atoms with E-state index < -0.39 is 32.6 Å². The Morgan fingerprint density at radius 3 is 2.24 bits per heavy atom. The molecule has 1 N–H and O–H groups in total. The maximum absolute atomic E-state index is 14.3. The third-order valence-corrected chi connectivity index (χ3v) is 10.7. The Labute approximate surface area is 238 Å². The average molecular weight is 575 g/mol. The van der Waals surface area contributed by atoms with Crippen LogP contribution in [-0.2, 0) is 14.8 Å². The van der Waals surface area contributed by atoms with Crippen molar-refractivity contribution in [2.45, 2.75) is 41.8 Å². The number of nitro benzene ring substituents is 1. The van der Waals surface area contributed by atoms with Gasteiger partial charge in [0.1, 0.15) is 11.9 Å². The fraction of sp³-hybridized carbons (Fsp3) is 0.290. The average Bonchev–Trinajstić information content (AvgIpc) is 3.50. The molecular formula is C31H30N2O7S. The van der Waals surface area contributed by atoms with E-state index in [1.165, 1.54) is 28.2 Å². The van der Waals surface area contributed by atoms with E-state index in [-0.39, 0.29) is 22.4 Å². The summed E-state index contributed by atoms with van der Waals surface area (Å²) in [6.45, 7) is 1.99. The number of fused-ring (bicyclic) bond motifs is 4. The number of ether oxygens (including phenoxy) is 2. The first-order valence-corrected chi connectivity index (χ1v) is 14.7. The van der Waals surface area contributed by atoms with E-state index in [4.69, 9.17) is 9.47 Å². The molecule has 212 valence electrons. The molecule has 0 aliphatic heterocycles. The summed E-state index contributed by atoms with van der Waals surface area (Å²) in [5.41, 5.74) is 2.16. The van der Waals surface area contributed by atoms with Crippen molar-refractivity contribution in [2.75, 3.05) is 14.2 Å². The van der Waals surface area contributed by atoms with Crippen molar-refractivity contribution < 1.29 is 27.9 Å². The van der Waals surface area contributed by atoms with Crippen molar-refractivity contribution in [2.24, 2.45) is 5.92 Å². The van der Waals surface area contributed by atoms with Gasteiger partial charge >= 0.3 is 0 Å². The predicted molar refractivity (Wildman–Crippen MR) is 153 cm³/mol. The largest absolute Gasteiger partial charge is 0.497 e. The SMILES string of the molecule is COc1ccc([C@H]2C[C@@H]3c4cc(-c5ccccc5)n(S(=O)(=O)c5ccc([N+](=O)[O-])cc5)c4[C@H](O)[C@@H]2[C@@]3(C)OC)cc1. The van der Waals surface area contributed by atoms with Gasteiger partial charge in [-0.05, 0) is 66.3 Å². The molecule has 1 heterocycles. The van der Waals surface area contributed by atoms with Gasteiger partial charge in [-0.25, -0.2) is 12.4 Å². The number of hydrogen-bond donors (Lipinski definition) is 1. The maximum atomic E-state index is 14.3. The molecule has 2 bridgehead atoms. The Balaban J connectivity index is 1.56. The van der Waals surface area contributed by atoms with Crippen LogP contribution in [0.5, 0.6) is 5.75 Å². The first-order chi connectivity index (χ1) is 19.6.